The van der Waals surface area contributed by atoms with E-state index in [-0.39, 0.29) is 24.7 Å². The molecule has 1 aliphatic heterocycles. The third kappa shape index (κ3) is 8.57. The van der Waals surface area contributed by atoms with E-state index >= 15 is 0 Å². The monoisotopic (exact) mass is 505 g/mol. The van der Waals surface area contributed by atoms with Crippen molar-refractivity contribution in [1.82, 2.24) is 15.6 Å². The molecule has 4 rings (SSSR count). The zero-order valence-corrected chi connectivity index (χ0v) is 21.6. The minimum absolute atomic E-state index is 0.149. The fraction of sp³-hybridized carbons (Fsp3) is 0.400. The van der Waals surface area contributed by atoms with Crippen molar-refractivity contribution in [3.63, 3.8) is 0 Å². The number of nitrogens with zero attached hydrogens (tertiary/aromatic N) is 1. The molecule has 2 N–H and O–H groups in total. The number of piperidine rings is 1. The molecule has 0 aliphatic carbocycles. The van der Waals surface area contributed by atoms with Gasteiger partial charge in [0.05, 0.1) is 19.6 Å². The largest absolute Gasteiger partial charge is 0.493 e. The summed E-state index contributed by atoms with van der Waals surface area (Å²) in [4.78, 5) is 16.9. The number of amides is 1. The summed E-state index contributed by atoms with van der Waals surface area (Å²) in [6.07, 6.45) is 4.24. The molecule has 196 valence electrons. The van der Waals surface area contributed by atoms with Crippen molar-refractivity contribution in [2.24, 2.45) is 11.8 Å². The zero-order valence-electron chi connectivity index (χ0n) is 21.6. The van der Waals surface area contributed by atoms with Crippen molar-refractivity contribution in [3.05, 3.63) is 77.9 Å². The van der Waals surface area contributed by atoms with Gasteiger partial charge in [-0.25, -0.2) is 4.39 Å². The lowest BCUT2D eigenvalue weighted by Gasteiger charge is -2.22. The highest BCUT2D eigenvalue weighted by atomic mass is 19.1. The van der Waals surface area contributed by atoms with Crippen molar-refractivity contribution < 1.29 is 18.7 Å². The first-order valence-electron chi connectivity index (χ1n) is 13.0. The number of ether oxygens (including phenoxy) is 2. The molecule has 1 aliphatic rings. The number of carbonyl (C=O) groups is 1. The van der Waals surface area contributed by atoms with Gasteiger partial charge in [-0.2, -0.15) is 0 Å². The second kappa shape index (κ2) is 13.2. The van der Waals surface area contributed by atoms with E-state index in [0.717, 1.165) is 49.4 Å². The minimum Gasteiger partial charge on any atom is -0.493 e. The van der Waals surface area contributed by atoms with Crippen molar-refractivity contribution in [2.75, 3.05) is 26.3 Å². The van der Waals surface area contributed by atoms with Crippen molar-refractivity contribution >= 4 is 5.91 Å². The molecule has 0 radical (unpaired) electrons. The Morgan fingerprint density at radius 1 is 1.03 bits per heavy atom. The number of benzene rings is 2. The van der Waals surface area contributed by atoms with E-state index in [1.165, 1.54) is 12.1 Å². The molecule has 3 aromatic rings. The van der Waals surface area contributed by atoms with E-state index in [0.29, 0.717) is 35.4 Å². The molecule has 1 saturated heterocycles. The fourth-order valence-electron chi connectivity index (χ4n) is 4.20. The van der Waals surface area contributed by atoms with Crippen LogP contribution in [0.3, 0.4) is 0 Å². The highest BCUT2D eigenvalue weighted by Crippen LogP contribution is 2.23. The quantitative estimate of drug-likeness (QED) is 0.377. The Hall–Kier alpha value is -3.45. The van der Waals surface area contributed by atoms with Crippen molar-refractivity contribution in [2.45, 2.75) is 39.7 Å². The van der Waals surface area contributed by atoms with Gasteiger partial charge in [0.15, 0.2) is 0 Å². The minimum atomic E-state index is -0.385. The molecule has 1 aromatic heterocycles. The third-order valence-electron chi connectivity index (χ3n) is 6.30. The van der Waals surface area contributed by atoms with Crippen LogP contribution in [0.15, 0.2) is 60.8 Å². The number of rotatable bonds is 11. The number of hydrogen-bond donors (Lipinski definition) is 2. The number of aromatic nitrogens is 1. The summed E-state index contributed by atoms with van der Waals surface area (Å²) in [6.45, 7) is 7.68. The summed E-state index contributed by atoms with van der Waals surface area (Å²) in [7, 11) is 0. The highest BCUT2D eigenvalue weighted by molar-refractivity contribution is 5.78. The van der Waals surface area contributed by atoms with E-state index in [2.05, 4.69) is 15.6 Å². The van der Waals surface area contributed by atoms with E-state index in [1.54, 1.807) is 12.3 Å². The summed E-state index contributed by atoms with van der Waals surface area (Å²) in [5.41, 5.74) is 3.34. The molecule has 0 spiro atoms. The van der Waals surface area contributed by atoms with Crippen LogP contribution in [0.25, 0.3) is 11.1 Å². The van der Waals surface area contributed by atoms with Crippen LogP contribution in [0.4, 0.5) is 4.39 Å². The van der Waals surface area contributed by atoms with Crippen LogP contribution >= 0.6 is 0 Å². The summed E-state index contributed by atoms with van der Waals surface area (Å²) in [5.74, 6) is 1.74. The first kappa shape index (κ1) is 26.6. The van der Waals surface area contributed by atoms with Crippen LogP contribution in [0, 0.1) is 17.7 Å². The van der Waals surface area contributed by atoms with Gasteiger partial charge >= 0.3 is 0 Å². The van der Waals surface area contributed by atoms with Crippen LogP contribution in [-0.4, -0.2) is 37.2 Å². The predicted octanol–water partition coefficient (Wildman–Crippen LogP) is 5.16. The summed E-state index contributed by atoms with van der Waals surface area (Å²) in [6, 6.07) is 16.4. The van der Waals surface area contributed by atoms with Crippen molar-refractivity contribution in [3.8, 4) is 22.6 Å². The van der Waals surface area contributed by atoms with Gasteiger partial charge in [-0.05, 0) is 79.2 Å². The number of hydrogen-bond acceptors (Lipinski definition) is 5. The molecule has 1 fully saturated rings. The van der Waals surface area contributed by atoms with E-state index in [9.17, 15) is 9.18 Å². The third-order valence-corrected chi connectivity index (χ3v) is 6.30. The van der Waals surface area contributed by atoms with E-state index in [1.807, 2.05) is 50.2 Å². The predicted molar refractivity (Wildman–Crippen MR) is 143 cm³/mol. The summed E-state index contributed by atoms with van der Waals surface area (Å²) in [5, 5.41) is 6.21. The Kier molecular flexibility index (Phi) is 9.49. The van der Waals surface area contributed by atoms with Gasteiger partial charge in [0, 0.05) is 30.1 Å². The van der Waals surface area contributed by atoms with Gasteiger partial charge in [0.2, 0.25) is 5.91 Å². The average Bonchev–Trinajstić information content (AvgIpc) is 2.91. The Morgan fingerprint density at radius 3 is 2.49 bits per heavy atom. The number of nitrogens with one attached hydrogen (secondary N) is 2. The van der Waals surface area contributed by atoms with Crippen LogP contribution < -0.4 is 20.1 Å². The molecule has 6 nitrogen and oxygen atoms in total. The SMILES string of the molecule is CC(C)COc1cc(F)cc(CNC(=O)Cc2ccc(-c3ccc(OCC4CCNCC4)cc3)cn2)c1. The topological polar surface area (TPSA) is 72.5 Å². The van der Waals surface area contributed by atoms with Crippen LogP contribution in [0.5, 0.6) is 11.5 Å². The van der Waals surface area contributed by atoms with E-state index < -0.39 is 0 Å². The number of carbonyl (C=O) groups excluding carboxylic acids is 1. The molecule has 0 atom stereocenters. The smallest absolute Gasteiger partial charge is 0.226 e. The Labute approximate surface area is 218 Å². The molecule has 1 amide bonds. The number of pyridine rings is 1. The first-order chi connectivity index (χ1) is 17.9. The Morgan fingerprint density at radius 2 is 1.78 bits per heavy atom. The molecular weight excluding hydrogens is 469 g/mol. The van der Waals surface area contributed by atoms with Gasteiger partial charge in [0.1, 0.15) is 17.3 Å². The maximum atomic E-state index is 13.9. The van der Waals surface area contributed by atoms with Gasteiger partial charge in [-0.3, -0.25) is 9.78 Å². The molecule has 0 unspecified atom stereocenters. The number of halogens is 1. The lowest BCUT2D eigenvalue weighted by Crippen LogP contribution is -2.30. The lowest BCUT2D eigenvalue weighted by molar-refractivity contribution is -0.120. The highest BCUT2D eigenvalue weighted by Gasteiger charge is 2.13. The molecule has 0 bridgehead atoms. The second-order valence-corrected chi connectivity index (χ2v) is 10.0. The van der Waals surface area contributed by atoms with Crippen LogP contribution in [0.2, 0.25) is 0 Å². The van der Waals surface area contributed by atoms with Gasteiger partial charge in [-0.15, -0.1) is 0 Å². The van der Waals surface area contributed by atoms with Crippen molar-refractivity contribution in [1.29, 1.82) is 0 Å². The first-order valence-corrected chi connectivity index (χ1v) is 13.0. The summed E-state index contributed by atoms with van der Waals surface area (Å²) < 4.78 is 25.5. The fourth-order valence-corrected chi connectivity index (χ4v) is 4.20. The van der Waals surface area contributed by atoms with Gasteiger partial charge in [0.25, 0.3) is 0 Å². The lowest BCUT2D eigenvalue weighted by atomic mass is 9.99. The molecule has 2 aromatic carbocycles. The van der Waals surface area contributed by atoms with E-state index in [4.69, 9.17) is 9.47 Å². The Balaban J connectivity index is 1.25. The molecule has 37 heavy (non-hydrogen) atoms. The molecule has 0 saturated carbocycles. The normalized spacial score (nSPS) is 13.9. The molecular formula is C30H36FN3O3. The second-order valence-electron chi connectivity index (χ2n) is 10.0. The van der Waals surface area contributed by atoms with Gasteiger partial charge in [-0.1, -0.05) is 32.0 Å². The van der Waals surface area contributed by atoms with Gasteiger partial charge < -0.3 is 20.1 Å². The maximum absolute atomic E-state index is 13.9. The Bertz CT molecular complexity index is 1140. The standard InChI is InChI=1S/C30H36FN3O3/c1-21(2)19-36-29-14-23(13-26(31)15-29)17-34-30(35)16-27-6-3-25(18-33-27)24-4-7-28(8-5-24)37-20-22-9-11-32-12-10-22/h3-8,13-15,18,21-22,32H,9-12,16-17,19-20H2,1-2H3,(H,34,35). The average molecular weight is 506 g/mol. The van der Waals surface area contributed by atoms with Crippen LogP contribution in [-0.2, 0) is 17.8 Å². The zero-order chi connectivity index (χ0) is 26.0. The molecule has 7 heteroatoms. The summed E-state index contributed by atoms with van der Waals surface area (Å²) >= 11 is 0. The van der Waals surface area contributed by atoms with Crippen LogP contribution in [0.1, 0.15) is 37.9 Å². The molecule has 2 heterocycles. The maximum Gasteiger partial charge on any atom is 0.226 e.